The second kappa shape index (κ2) is 11.4. The Labute approximate surface area is 196 Å². The third kappa shape index (κ3) is 5.66. The lowest BCUT2D eigenvalue weighted by Gasteiger charge is -2.19. The Morgan fingerprint density at radius 3 is 1.21 bits per heavy atom. The van der Waals surface area contributed by atoms with Gasteiger partial charge in [-0.2, -0.15) is 0 Å². The summed E-state index contributed by atoms with van der Waals surface area (Å²) in [6, 6.07) is 21.2. The predicted octanol–water partition coefficient (Wildman–Crippen LogP) is 2.97. The van der Waals surface area contributed by atoms with Crippen LogP contribution in [0.4, 0.5) is 0 Å². The van der Waals surface area contributed by atoms with E-state index in [1.165, 1.54) is 26.4 Å². The van der Waals surface area contributed by atoms with Crippen LogP contribution in [0.2, 0.25) is 0 Å². The number of benzene rings is 3. The standard InChI is InChI=1S/C26H24N2O6/c1-33-25(31)21(17-11-5-3-6-12-17)27-23(29)19-15-9-10-16-20(19)24(30)28-22(26(32)34-2)18-13-7-4-8-14-18/h3-16,21-22H,1-2H3,(H,27,29)(H,28,30)/t21-,22+. The zero-order valence-electron chi connectivity index (χ0n) is 18.7. The molecule has 0 fully saturated rings. The molecule has 0 saturated carbocycles. The first-order chi connectivity index (χ1) is 16.5. The van der Waals surface area contributed by atoms with Crippen molar-refractivity contribution in [2.45, 2.75) is 12.1 Å². The average Bonchev–Trinajstić information content (AvgIpc) is 2.90. The predicted molar refractivity (Wildman–Crippen MR) is 124 cm³/mol. The van der Waals surface area contributed by atoms with E-state index in [2.05, 4.69) is 10.6 Å². The minimum Gasteiger partial charge on any atom is -0.467 e. The summed E-state index contributed by atoms with van der Waals surface area (Å²) < 4.78 is 9.67. The molecule has 34 heavy (non-hydrogen) atoms. The maximum atomic E-state index is 13.1. The van der Waals surface area contributed by atoms with Crippen LogP contribution in [-0.4, -0.2) is 38.0 Å². The molecule has 3 aromatic rings. The molecule has 0 unspecified atom stereocenters. The number of nitrogens with one attached hydrogen (secondary N) is 2. The van der Waals surface area contributed by atoms with E-state index < -0.39 is 35.8 Å². The van der Waals surface area contributed by atoms with Gasteiger partial charge in [0.05, 0.1) is 25.3 Å². The largest absolute Gasteiger partial charge is 0.467 e. The number of amides is 2. The Morgan fingerprint density at radius 1 is 0.559 bits per heavy atom. The fourth-order valence-corrected chi connectivity index (χ4v) is 3.38. The van der Waals surface area contributed by atoms with Gasteiger partial charge in [0.15, 0.2) is 12.1 Å². The van der Waals surface area contributed by atoms with Crippen molar-refractivity contribution in [3.05, 3.63) is 107 Å². The van der Waals surface area contributed by atoms with Gasteiger partial charge in [-0.15, -0.1) is 0 Å². The van der Waals surface area contributed by atoms with Crippen LogP contribution in [0.15, 0.2) is 84.9 Å². The van der Waals surface area contributed by atoms with E-state index >= 15 is 0 Å². The van der Waals surface area contributed by atoms with Gasteiger partial charge in [0.25, 0.3) is 11.8 Å². The van der Waals surface area contributed by atoms with E-state index in [9.17, 15) is 19.2 Å². The maximum absolute atomic E-state index is 13.1. The summed E-state index contributed by atoms with van der Waals surface area (Å²) in [6.07, 6.45) is 0. The summed E-state index contributed by atoms with van der Waals surface area (Å²) in [5, 5.41) is 5.26. The van der Waals surface area contributed by atoms with Crippen molar-refractivity contribution < 1.29 is 28.7 Å². The average molecular weight is 460 g/mol. The fraction of sp³-hybridized carbons (Fsp3) is 0.154. The lowest BCUT2D eigenvalue weighted by atomic mass is 10.0. The highest BCUT2D eigenvalue weighted by Crippen LogP contribution is 2.19. The Hall–Kier alpha value is -4.46. The second-order valence-electron chi connectivity index (χ2n) is 7.23. The van der Waals surface area contributed by atoms with Crippen molar-refractivity contribution in [2.24, 2.45) is 0 Å². The summed E-state index contributed by atoms with van der Waals surface area (Å²) in [4.78, 5) is 50.9. The van der Waals surface area contributed by atoms with E-state index in [4.69, 9.17) is 9.47 Å². The lowest BCUT2D eigenvalue weighted by Crippen LogP contribution is -2.38. The van der Waals surface area contributed by atoms with E-state index in [0.29, 0.717) is 11.1 Å². The second-order valence-corrected chi connectivity index (χ2v) is 7.23. The summed E-state index contributed by atoms with van der Waals surface area (Å²) in [6.45, 7) is 0. The number of esters is 2. The Kier molecular flexibility index (Phi) is 8.12. The van der Waals surface area contributed by atoms with Crippen LogP contribution in [0, 0.1) is 0 Å². The molecule has 0 aliphatic heterocycles. The van der Waals surface area contributed by atoms with E-state index in [-0.39, 0.29) is 11.1 Å². The molecule has 0 saturated heterocycles. The first-order valence-corrected chi connectivity index (χ1v) is 10.4. The molecule has 0 aromatic heterocycles. The van der Waals surface area contributed by atoms with E-state index in [1.54, 1.807) is 72.8 Å². The normalized spacial score (nSPS) is 12.1. The molecule has 0 aliphatic rings. The molecule has 2 atom stereocenters. The molecule has 8 heteroatoms. The van der Waals surface area contributed by atoms with Gasteiger partial charge in [-0.05, 0) is 23.3 Å². The van der Waals surface area contributed by atoms with Gasteiger partial charge in [-0.3, -0.25) is 9.59 Å². The van der Waals surface area contributed by atoms with Crippen molar-refractivity contribution in [2.75, 3.05) is 14.2 Å². The third-order valence-corrected chi connectivity index (χ3v) is 5.11. The molecule has 0 aliphatic carbocycles. The summed E-state index contributed by atoms with van der Waals surface area (Å²) >= 11 is 0. The zero-order chi connectivity index (χ0) is 24.5. The van der Waals surface area contributed by atoms with Gasteiger partial charge >= 0.3 is 11.9 Å². The molecule has 0 radical (unpaired) electrons. The van der Waals surface area contributed by atoms with Crippen molar-refractivity contribution in [1.29, 1.82) is 0 Å². The molecule has 8 nitrogen and oxygen atoms in total. The number of carbonyl (C=O) groups excluding carboxylic acids is 4. The van der Waals surface area contributed by atoms with E-state index in [0.717, 1.165) is 0 Å². The van der Waals surface area contributed by atoms with Crippen molar-refractivity contribution in [3.63, 3.8) is 0 Å². The quantitative estimate of drug-likeness (QED) is 0.500. The highest BCUT2D eigenvalue weighted by atomic mass is 16.5. The smallest absolute Gasteiger partial charge is 0.333 e. The van der Waals surface area contributed by atoms with Crippen LogP contribution >= 0.6 is 0 Å². The summed E-state index contributed by atoms with van der Waals surface area (Å²) in [5.41, 5.74) is 1.11. The number of methoxy groups -OCH3 is 2. The van der Waals surface area contributed by atoms with Gasteiger partial charge in [0.1, 0.15) is 0 Å². The van der Waals surface area contributed by atoms with Gasteiger partial charge in [0, 0.05) is 0 Å². The molecule has 174 valence electrons. The van der Waals surface area contributed by atoms with Crippen LogP contribution in [0.3, 0.4) is 0 Å². The zero-order valence-corrected chi connectivity index (χ0v) is 18.7. The molecule has 0 spiro atoms. The van der Waals surface area contributed by atoms with Crippen LogP contribution in [-0.2, 0) is 19.1 Å². The molecule has 2 amide bonds. The van der Waals surface area contributed by atoms with Gasteiger partial charge in [-0.1, -0.05) is 72.8 Å². The Morgan fingerprint density at radius 2 is 0.882 bits per heavy atom. The number of hydrogen-bond donors (Lipinski definition) is 2. The van der Waals surface area contributed by atoms with Crippen LogP contribution in [0.1, 0.15) is 43.9 Å². The van der Waals surface area contributed by atoms with Crippen molar-refractivity contribution >= 4 is 23.8 Å². The highest BCUT2D eigenvalue weighted by Gasteiger charge is 2.28. The summed E-state index contributed by atoms with van der Waals surface area (Å²) in [7, 11) is 2.45. The molecule has 2 N–H and O–H groups in total. The van der Waals surface area contributed by atoms with Gasteiger partial charge < -0.3 is 20.1 Å². The number of carbonyl (C=O) groups is 4. The minimum atomic E-state index is -1.07. The lowest BCUT2D eigenvalue weighted by molar-refractivity contribution is -0.143. The van der Waals surface area contributed by atoms with Crippen molar-refractivity contribution in [3.8, 4) is 0 Å². The summed E-state index contributed by atoms with van der Waals surface area (Å²) in [5.74, 6) is -2.62. The van der Waals surface area contributed by atoms with Crippen LogP contribution in [0.5, 0.6) is 0 Å². The van der Waals surface area contributed by atoms with Gasteiger partial charge in [-0.25, -0.2) is 9.59 Å². The molecule has 0 bridgehead atoms. The van der Waals surface area contributed by atoms with E-state index in [1.807, 2.05) is 0 Å². The minimum absolute atomic E-state index is 0.0292. The third-order valence-electron chi connectivity index (χ3n) is 5.11. The number of rotatable bonds is 8. The Balaban J connectivity index is 1.88. The SMILES string of the molecule is COC(=O)[C@@H](NC(=O)c1ccccc1C(=O)N[C@@H](C(=O)OC)c1ccccc1)c1ccccc1. The van der Waals surface area contributed by atoms with Crippen LogP contribution < -0.4 is 10.6 Å². The highest BCUT2D eigenvalue weighted by molar-refractivity contribution is 6.08. The maximum Gasteiger partial charge on any atom is 0.333 e. The first kappa shape index (κ1) is 24.2. The monoisotopic (exact) mass is 460 g/mol. The fourth-order valence-electron chi connectivity index (χ4n) is 3.38. The molecule has 3 rings (SSSR count). The molecule has 3 aromatic carbocycles. The van der Waals surface area contributed by atoms with Gasteiger partial charge in [0.2, 0.25) is 0 Å². The van der Waals surface area contributed by atoms with Crippen LogP contribution in [0.25, 0.3) is 0 Å². The molecule has 0 heterocycles. The van der Waals surface area contributed by atoms with Crippen molar-refractivity contribution in [1.82, 2.24) is 10.6 Å². The molecular formula is C26H24N2O6. The number of hydrogen-bond acceptors (Lipinski definition) is 6. The number of ether oxygens (including phenoxy) is 2. The Bertz CT molecular complexity index is 1070. The first-order valence-electron chi connectivity index (χ1n) is 10.4. The topological polar surface area (TPSA) is 111 Å². The molecular weight excluding hydrogens is 436 g/mol.